The predicted molar refractivity (Wildman–Crippen MR) is 77.8 cm³/mol. The third-order valence-electron chi connectivity index (χ3n) is 3.21. The van der Waals surface area contributed by atoms with E-state index in [2.05, 4.69) is 24.0 Å². The van der Waals surface area contributed by atoms with E-state index in [0.717, 1.165) is 36.9 Å². The van der Waals surface area contributed by atoms with Crippen LogP contribution in [0.25, 0.3) is 0 Å². The summed E-state index contributed by atoms with van der Waals surface area (Å²) >= 11 is 0. The van der Waals surface area contributed by atoms with Gasteiger partial charge < -0.3 is 14.8 Å². The van der Waals surface area contributed by atoms with Crippen LogP contribution in [0, 0.1) is 0 Å². The molecule has 1 aliphatic rings. The first-order valence-electron chi connectivity index (χ1n) is 6.97. The SMILES string of the molecule is C=CCCCOc1ccc(CNC2CC2)cc1OC. The average molecular weight is 261 g/mol. The van der Waals surface area contributed by atoms with Crippen molar-refractivity contribution in [3.05, 3.63) is 36.4 Å². The fraction of sp³-hybridized carbons (Fsp3) is 0.500. The van der Waals surface area contributed by atoms with Gasteiger partial charge in [0.2, 0.25) is 0 Å². The molecule has 104 valence electrons. The predicted octanol–water partition coefficient (Wildman–Crippen LogP) is 3.29. The van der Waals surface area contributed by atoms with Crippen LogP contribution in [0.4, 0.5) is 0 Å². The fourth-order valence-corrected chi connectivity index (χ4v) is 1.90. The number of methoxy groups -OCH3 is 1. The van der Waals surface area contributed by atoms with Gasteiger partial charge in [-0.1, -0.05) is 12.1 Å². The van der Waals surface area contributed by atoms with Crippen LogP contribution in [0.1, 0.15) is 31.2 Å². The average Bonchev–Trinajstić information content (AvgIpc) is 3.26. The summed E-state index contributed by atoms with van der Waals surface area (Å²) in [4.78, 5) is 0. The van der Waals surface area contributed by atoms with Crippen molar-refractivity contribution in [2.75, 3.05) is 13.7 Å². The Bertz CT molecular complexity index is 413. The maximum absolute atomic E-state index is 5.73. The molecule has 0 radical (unpaired) electrons. The molecule has 1 N–H and O–H groups in total. The quantitative estimate of drug-likeness (QED) is 0.546. The monoisotopic (exact) mass is 261 g/mol. The van der Waals surface area contributed by atoms with Crippen LogP contribution in [0.2, 0.25) is 0 Å². The van der Waals surface area contributed by atoms with Crippen molar-refractivity contribution in [1.29, 1.82) is 0 Å². The van der Waals surface area contributed by atoms with E-state index in [0.29, 0.717) is 6.61 Å². The number of hydrogen-bond donors (Lipinski definition) is 1. The number of benzene rings is 1. The van der Waals surface area contributed by atoms with E-state index in [9.17, 15) is 0 Å². The summed E-state index contributed by atoms with van der Waals surface area (Å²) in [5.41, 5.74) is 1.24. The molecule has 0 bridgehead atoms. The number of nitrogens with one attached hydrogen (secondary N) is 1. The van der Waals surface area contributed by atoms with Crippen molar-refractivity contribution in [3.63, 3.8) is 0 Å². The Morgan fingerprint density at radius 1 is 1.37 bits per heavy atom. The molecule has 3 heteroatoms. The van der Waals surface area contributed by atoms with Crippen LogP contribution >= 0.6 is 0 Å². The van der Waals surface area contributed by atoms with Gasteiger partial charge in [-0.2, -0.15) is 0 Å². The van der Waals surface area contributed by atoms with Gasteiger partial charge >= 0.3 is 0 Å². The third kappa shape index (κ3) is 4.60. The Kier molecular flexibility index (Phi) is 5.28. The van der Waals surface area contributed by atoms with Gasteiger partial charge in [-0.15, -0.1) is 6.58 Å². The van der Waals surface area contributed by atoms with E-state index in [4.69, 9.17) is 9.47 Å². The van der Waals surface area contributed by atoms with E-state index in [1.807, 2.05) is 12.1 Å². The van der Waals surface area contributed by atoms with Crippen molar-refractivity contribution < 1.29 is 9.47 Å². The summed E-state index contributed by atoms with van der Waals surface area (Å²) in [5, 5.41) is 3.50. The van der Waals surface area contributed by atoms with Gasteiger partial charge in [0.05, 0.1) is 13.7 Å². The third-order valence-corrected chi connectivity index (χ3v) is 3.21. The first kappa shape index (κ1) is 13.9. The van der Waals surface area contributed by atoms with Crippen molar-refractivity contribution in [2.45, 2.75) is 38.3 Å². The Balaban J connectivity index is 1.88. The summed E-state index contributed by atoms with van der Waals surface area (Å²) < 4.78 is 11.1. The highest BCUT2D eigenvalue weighted by atomic mass is 16.5. The molecule has 1 fully saturated rings. The summed E-state index contributed by atoms with van der Waals surface area (Å²) in [6.45, 7) is 5.30. The van der Waals surface area contributed by atoms with Crippen LogP contribution in [0.5, 0.6) is 11.5 Å². The van der Waals surface area contributed by atoms with Gasteiger partial charge in [-0.25, -0.2) is 0 Å². The molecular weight excluding hydrogens is 238 g/mol. The highest BCUT2D eigenvalue weighted by Crippen LogP contribution is 2.28. The molecule has 0 aromatic heterocycles. The zero-order chi connectivity index (χ0) is 13.5. The lowest BCUT2D eigenvalue weighted by molar-refractivity contribution is 0.290. The van der Waals surface area contributed by atoms with E-state index in [1.165, 1.54) is 18.4 Å². The number of unbranched alkanes of at least 4 members (excludes halogenated alkanes) is 1. The molecule has 2 rings (SSSR count). The van der Waals surface area contributed by atoms with Gasteiger partial charge in [0.15, 0.2) is 11.5 Å². The summed E-state index contributed by atoms with van der Waals surface area (Å²) in [6, 6.07) is 6.87. The van der Waals surface area contributed by atoms with E-state index in [1.54, 1.807) is 7.11 Å². The molecule has 19 heavy (non-hydrogen) atoms. The molecule has 0 heterocycles. The minimum atomic E-state index is 0.696. The Hall–Kier alpha value is -1.48. The lowest BCUT2D eigenvalue weighted by Crippen LogP contribution is -2.15. The van der Waals surface area contributed by atoms with E-state index < -0.39 is 0 Å². The van der Waals surface area contributed by atoms with Crippen LogP contribution in [-0.2, 0) is 6.54 Å². The summed E-state index contributed by atoms with van der Waals surface area (Å²) in [7, 11) is 1.68. The minimum absolute atomic E-state index is 0.696. The Morgan fingerprint density at radius 3 is 2.89 bits per heavy atom. The molecule has 0 spiro atoms. The molecule has 0 amide bonds. The highest BCUT2D eigenvalue weighted by molar-refractivity contribution is 5.43. The molecule has 1 aromatic rings. The normalized spacial score (nSPS) is 14.2. The van der Waals surface area contributed by atoms with Crippen LogP contribution in [0.3, 0.4) is 0 Å². The first-order chi connectivity index (χ1) is 9.33. The van der Waals surface area contributed by atoms with Crippen molar-refractivity contribution in [1.82, 2.24) is 5.32 Å². The molecule has 0 atom stereocenters. The second-order valence-electron chi connectivity index (χ2n) is 4.92. The van der Waals surface area contributed by atoms with Gasteiger partial charge in [0, 0.05) is 12.6 Å². The Morgan fingerprint density at radius 2 is 2.21 bits per heavy atom. The minimum Gasteiger partial charge on any atom is -0.493 e. The zero-order valence-corrected chi connectivity index (χ0v) is 11.7. The number of ether oxygens (including phenoxy) is 2. The standard InChI is InChI=1S/C16H23NO2/c1-3-4-5-10-19-15-9-6-13(11-16(15)18-2)12-17-14-7-8-14/h3,6,9,11,14,17H,1,4-5,7-8,10,12H2,2H3. The molecule has 0 unspecified atom stereocenters. The molecule has 3 nitrogen and oxygen atoms in total. The number of hydrogen-bond acceptors (Lipinski definition) is 3. The topological polar surface area (TPSA) is 30.5 Å². The molecule has 1 saturated carbocycles. The van der Waals surface area contributed by atoms with Crippen LogP contribution < -0.4 is 14.8 Å². The maximum Gasteiger partial charge on any atom is 0.161 e. The van der Waals surface area contributed by atoms with Gasteiger partial charge in [-0.05, 0) is 43.4 Å². The van der Waals surface area contributed by atoms with Gasteiger partial charge in [0.1, 0.15) is 0 Å². The van der Waals surface area contributed by atoms with Crippen molar-refractivity contribution in [2.24, 2.45) is 0 Å². The molecule has 1 aliphatic carbocycles. The second-order valence-corrected chi connectivity index (χ2v) is 4.92. The second kappa shape index (κ2) is 7.19. The summed E-state index contributed by atoms with van der Waals surface area (Å²) in [5.74, 6) is 1.63. The summed E-state index contributed by atoms with van der Waals surface area (Å²) in [6.07, 6.45) is 6.49. The zero-order valence-electron chi connectivity index (χ0n) is 11.7. The largest absolute Gasteiger partial charge is 0.493 e. The molecular formula is C16H23NO2. The number of rotatable bonds is 9. The lowest BCUT2D eigenvalue weighted by Gasteiger charge is -2.12. The smallest absolute Gasteiger partial charge is 0.161 e. The first-order valence-corrected chi connectivity index (χ1v) is 6.97. The van der Waals surface area contributed by atoms with Gasteiger partial charge in [0.25, 0.3) is 0 Å². The van der Waals surface area contributed by atoms with E-state index >= 15 is 0 Å². The molecule has 1 aromatic carbocycles. The van der Waals surface area contributed by atoms with Crippen molar-refractivity contribution in [3.8, 4) is 11.5 Å². The van der Waals surface area contributed by atoms with Crippen molar-refractivity contribution >= 4 is 0 Å². The van der Waals surface area contributed by atoms with E-state index in [-0.39, 0.29) is 0 Å². The van der Waals surface area contributed by atoms with Crippen LogP contribution in [0.15, 0.2) is 30.9 Å². The fourth-order valence-electron chi connectivity index (χ4n) is 1.90. The molecule has 0 aliphatic heterocycles. The van der Waals surface area contributed by atoms with Crippen LogP contribution in [-0.4, -0.2) is 19.8 Å². The lowest BCUT2D eigenvalue weighted by atomic mass is 10.2. The van der Waals surface area contributed by atoms with Gasteiger partial charge in [-0.3, -0.25) is 0 Å². The number of allylic oxidation sites excluding steroid dienone is 1. The maximum atomic E-state index is 5.73. The molecule has 0 saturated heterocycles. The highest BCUT2D eigenvalue weighted by Gasteiger charge is 2.20. The Labute approximate surface area is 115 Å².